The molecule has 10 heteroatoms. The molecule has 4 heterocycles. The van der Waals surface area contributed by atoms with Crippen LogP contribution in [0.5, 0.6) is 11.5 Å². The van der Waals surface area contributed by atoms with Crippen molar-refractivity contribution in [1.82, 2.24) is 25.2 Å². The number of hydrogen-bond acceptors (Lipinski definition) is 7. The third-order valence-corrected chi connectivity index (χ3v) is 7.71. The Labute approximate surface area is 230 Å². The van der Waals surface area contributed by atoms with Crippen molar-refractivity contribution in [3.8, 4) is 11.5 Å². The van der Waals surface area contributed by atoms with E-state index in [0.29, 0.717) is 69.9 Å². The molecular formula is C29H29ClN6O3. The molecule has 9 nitrogen and oxygen atoms in total. The van der Waals surface area contributed by atoms with E-state index in [9.17, 15) is 9.59 Å². The Hall–Kier alpha value is -3.95. The molecule has 3 N–H and O–H groups in total. The topological polar surface area (TPSA) is 112 Å². The number of anilines is 1. The normalized spacial score (nSPS) is 16.2. The second-order valence-corrected chi connectivity index (χ2v) is 10.5. The van der Waals surface area contributed by atoms with Gasteiger partial charge in [0.05, 0.1) is 16.0 Å². The van der Waals surface area contributed by atoms with Gasteiger partial charge in [0, 0.05) is 43.4 Å². The number of aromatic nitrogens is 3. The van der Waals surface area contributed by atoms with Crippen molar-refractivity contribution in [2.24, 2.45) is 5.92 Å². The smallest absolute Gasteiger partial charge is 0.222 e. The van der Waals surface area contributed by atoms with Gasteiger partial charge in [0.15, 0.2) is 5.78 Å². The number of para-hydroxylation sites is 1. The van der Waals surface area contributed by atoms with Crippen molar-refractivity contribution in [3.63, 3.8) is 0 Å². The van der Waals surface area contributed by atoms with Crippen LogP contribution in [0.4, 0.5) is 5.82 Å². The summed E-state index contributed by atoms with van der Waals surface area (Å²) in [5.74, 6) is 2.29. The second-order valence-electron chi connectivity index (χ2n) is 10.1. The maximum absolute atomic E-state index is 13.6. The van der Waals surface area contributed by atoms with E-state index in [0.717, 1.165) is 25.9 Å². The van der Waals surface area contributed by atoms with Gasteiger partial charge in [-0.3, -0.25) is 9.59 Å². The first kappa shape index (κ1) is 25.3. The second kappa shape index (κ2) is 11.0. The number of benzene rings is 2. The Balaban J connectivity index is 1.17. The van der Waals surface area contributed by atoms with E-state index in [2.05, 4.69) is 25.6 Å². The zero-order chi connectivity index (χ0) is 26.8. The molecule has 2 fully saturated rings. The number of carbonyl (C=O) groups excluding carboxylic acids is 2. The standard InChI is InChI=1S/C29H29ClN6O3/c30-24-13-21(39-20-4-2-1-3-5-20)6-7-22(24)27(38)23-16-32-28-26(23)29(34-17-33-28)35-19-8-10-36(11-9-19)25(37)12-18-14-31-15-18/h1-7,13,16-19,31H,8-12,14-15H2,(H2,32,33,34,35). The average molecular weight is 545 g/mol. The maximum Gasteiger partial charge on any atom is 0.222 e. The third kappa shape index (κ3) is 5.46. The van der Waals surface area contributed by atoms with Gasteiger partial charge in [-0.15, -0.1) is 0 Å². The molecule has 2 aromatic heterocycles. The molecule has 39 heavy (non-hydrogen) atoms. The average Bonchev–Trinajstić information content (AvgIpc) is 3.37. The fourth-order valence-corrected chi connectivity index (χ4v) is 5.36. The number of nitrogens with one attached hydrogen (secondary N) is 3. The van der Waals surface area contributed by atoms with E-state index >= 15 is 0 Å². The molecule has 2 aliphatic heterocycles. The number of halogens is 1. The molecule has 0 unspecified atom stereocenters. The number of H-pyrrole nitrogens is 1. The molecule has 0 saturated carbocycles. The first-order chi connectivity index (χ1) is 19.0. The van der Waals surface area contributed by atoms with Gasteiger partial charge in [0.25, 0.3) is 0 Å². The van der Waals surface area contributed by atoms with Gasteiger partial charge in [0.1, 0.15) is 29.3 Å². The number of hydrogen-bond donors (Lipinski definition) is 3. The first-order valence-corrected chi connectivity index (χ1v) is 13.6. The van der Waals surface area contributed by atoms with Crippen molar-refractivity contribution in [2.75, 3.05) is 31.5 Å². The molecule has 6 rings (SSSR count). The Morgan fingerprint density at radius 3 is 2.54 bits per heavy atom. The molecule has 2 aliphatic rings. The predicted molar refractivity (Wildman–Crippen MR) is 149 cm³/mol. The van der Waals surface area contributed by atoms with Crippen LogP contribution in [0.2, 0.25) is 5.02 Å². The minimum absolute atomic E-state index is 0.133. The van der Waals surface area contributed by atoms with Crippen molar-refractivity contribution < 1.29 is 14.3 Å². The van der Waals surface area contributed by atoms with Gasteiger partial charge in [-0.05, 0) is 56.1 Å². The zero-order valence-corrected chi connectivity index (χ0v) is 22.1. The quantitative estimate of drug-likeness (QED) is 0.277. The van der Waals surface area contributed by atoms with E-state index in [1.54, 1.807) is 24.4 Å². The number of nitrogens with zero attached hydrogens (tertiary/aromatic N) is 3. The molecule has 200 valence electrons. The highest BCUT2D eigenvalue weighted by Crippen LogP contribution is 2.32. The minimum atomic E-state index is -0.235. The summed E-state index contributed by atoms with van der Waals surface area (Å²) in [5.41, 5.74) is 1.37. The van der Waals surface area contributed by atoms with Crippen LogP contribution in [0, 0.1) is 5.92 Å². The van der Waals surface area contributed by atoms with E-state index in [1.807, 2.05) is 35.2 Å². The molecule has 2 aromatic carbocycles. The molecule has 0 bridgehead atoms. The highest BCUT2D eigenvalue weighted by molar-refractivity contribution is 6.35. The van der Waals surface area contributed by atoms with Crippen molar-refractivity contribution in [2.45, 2.75) is 25.3 Å². The summed E-state index contributed by atoms with van der Waals surface area (Å²) < 4.78 is 5.85. The highest BCUT2D eigenvalue weighted by Gasteiger charge is 2.28. The fourth-order valence-electron chi connectivity index (χ4n) is 5.10. The van der Waals surface area contributed by atoms with Crippen molar-refractivity contribution >= 4 is 40.1 Å². The summed E-state index contributed by atoms with van der Waals surface area (Å²) >= 11 is 6.54. The van der Waals surface area contributed by atoms with Crippen LogP contribution in [0.15, 0.2) is 61.1 Å². The summed E-state index contributed by atoms with van der Waals surface area (Å²) in [4.78, 5) is 40.1. The minimum Gasteiger partial charge on any atom is -0.457 e. The number of fused-ring (bicyclic) bond motifs is 1. The van der Waals surface area contributed by atoms with Crippen molar-refractivity contribution in [3.05, 3.63) is 77.2 Å². The maximum atomic E-state index is 13.6. The lowest BCUT2D eigenvalue weighted by atomic mass is 9.97. The number of likely N-dealkylation sites (tertiary alicyclic amines) is 1. The van der Waals surface area contributed by atoms with E-state index < -0.39 is 0 Å². The molecular weight excluding hydrogens is 516 g/mol. The van der Waals surface area contributed by atoms with Gasteiger partial charge in [-0.2, -0.15) is 0 Å². The van der Waals surface area contributed by atoms with Crippen LogP contribution in [-0.2, 0) is 4.79 Å². The van der Waals surface area contributed by atoms with Crippen LogP contribution >= 0.6 is 11.6 Å². The summed E-state index contributed by atoms with van der Waals surface area (Å²) in [6.07, 6.45) is 5.36. The number of amides is 1. The number of aromatic amines is 1. The number of rotatable bonds is 8. The molecule has 0 atom stereocenters. The summed E-state index contributed by atoms with van der Waals surface area (Å²) in [6, 6.07) is 14.6. The SMILES string of the molecule is O=C(c1ccc(Oc2ccccc2)cc1Cl)c1c[nH]c2ncnc(NC3CCN(C(=O)CC4CNC4)CC3)c12. The van der Waals surface area contributed by atoms with Gasteiger partial charge in [-0.1, -0.05) is 29.8 Å². The van der Waals surface area contributed by atoms with Crippen LogP contribution < -0.4 is 15.4 Å². The van der Waals surface area contributed by atoms with Crippen LogP contribution in [0.25, 0.3) is 11.0 Å². The Kier molecular flexibility index (Phi) is 7.17. The molecule has 0 aliphatic carbocycles. The lowest BCUT2D eigenvalue weighted by Gasteiger charge is -2.35. The molecule has 4 aromatic rings. The van der Waals surface area contributed by atoms with Gasteiger partial charge in [0.2, 0.25) is 5.91 Å². The Morgan fingerprint density at radius 2 is 1.82 bits per heavy atom. The van der Waals surface area contributed by atoms with E-state index in [4.69, 9.17) is 16.3 Å². The number of ether oxygens (including phenoxy) is 1. The largest absolute Gasteiger partial charge is 0.457 e. The van der Waals surface area contributed by atoms with Gasteiger partial charge < -0.3 is 25.3 Å². The molecule has 1 amide bonds. The van der Waals surface area contributed by atoms with Gasteiger partial charge >= 0.3 is 0 Å². The predicted octanol–water partition coefficient (Wildman–Crippen LogP) is 4.65. The van der Waals surface area contributed by atoms with Crippen LogP contribution in [-0.4, -0.2) is 63.8 Å². The highest BCUT2D eigenvalue weighted by atomic mass is 35.5. The fraction of sp³-hybridized carbons (Fsp3) is 0.310. The number of piperidine rings is 1. The Bertz CT molecular complexity index is 1500. The Morgan fingerprint density at radius 1 is 1.03 bits per heavy atom. The summed E-state index contributed by atoms with van der Waals surface area (Å²) in [6.45, 7) is 3.28. The monoisotopic (exact) mass is 544 g/mol. The van der Waals surface area contributed by atoms with Crippen LogP contribution in [0.3, 0.4) is 0 Å². The number of ketones is 1. The van der Waals surface area contributed by atoms with E-state index in [1.165, 1.54) is 6.33 Å². The lowest BCUT2D eigenvalue weighted by Crippen LogP contribution is -2.47. The first-order valence-electron chi connectivity index (χ1n) is 13.2. The lowest BCUT2D eigenvalue weighted by molar-refractivity contribution is -0.133. The molecule has 2 saturated heterocycles. The summed E-state index contributed by atoms with van der Waals surface area (Å²) in [5, 5.41) is 7.65. The molecule has 0 spiro atoms. The summed E-state index contributed by atoms with van der Waals surface area (Å²) in [7, 11) is 0. The van der Waals surface area contributed by atoms with E-state index in [-0.39, 0.29) is 17.7 Å². The number of carbonyl (C=O) groups is 2. The molecule has 0 radical (unpaired) electrons. The van der Waals surface area contributed by atoms with Gasteiger partial charge in [-0.25, -0.2) is 9.97 Å². The third-order valence-electron chi connectivity index (χ3n) is 7.40. The van der Waals surface area contributed by atoms with Crippen LogP contribution in [0.1, 0.15) is 35.2 Å². The zero-order valence-electron chi connectivity index (χ0n) is 21.3. The van der Waals surface area contributed by atoms with Crippen molar-refractivity contribution in [1.29, 1.82) is 0 Å².